The maximum absolute atomic E-state index is 9.73. The second-order valence-corrected chi connectivity index (χ2v) is 6.67. The first-order valence-corrected chi connectivity index (χ1v) is 8.98. The Bertz CT molecular complexity index is 1010. The van der Waals surface area contributed by atoms with Crippen LogP contribution in [0.2, 0.25) is 0 Å². The molecule has 144 valence electrons. The number of rotatable bonds is 4. The van der Waals surface area contributed by atoms with Crippen molar-refractivity contribution in [2.75, 3.05) is 12.3 Å². The predicted molar refractivity (Wildman–Crippen MR) is 99.7 cm³/mol. The fourth-order valence-corrected chi connectivity index (χ4v) is 3.63. The first-order chi connectivity index (χ1) is 13.7. The highest BCUT2D eigenvalue weighted by Gasteiger charge is 2.53. The van der Waals surface area contributed by atoms with Gasteiger partial charge in [0, 0.05) is 0 Å². The molecule has 3 aromatic rings. The van der Waals surface area contributed by atoms with E-state index in [1.54, 1.807) is 10.9 Å². The molecule has 2 saturated heterocycles. The molecule has 4 heterocycles. The van der Waals surface area contributed by atoms with E-state index < -0.39 is 30.8 Å². The molecule has 28 heavy (non-hydrogen) atoms. The number of fused-ring (bicyclic) bond motifs is 2. The van der Waals surface area contributed by atoms with Gasteiger partial charge in [-0.1, -0.05) is 36.4 Å². The molecule has 2 aliphatic heterocycles. The second kappa shape index (κ2) is 6.95. The maximum Gasteiger partial charge on any atom is 0.178 e. The van der Waals surface area contributed by atoms with Crippen LogP contribution in [-0.2, 0) is 14.2 Å². The summed E-state index contributed by atoms with van der Waals surface area (Å²) in [6.07, 6.45) is 4.34. The van der Waals surface area contributed by atoms with Gasteiger partial charge in [0.15, 0.2) is 24.0 Å². The Morgan fingerprint density at radius 1 is 1.07 bits per heavy atom. The summed E-state index contributed by atoms with van der Waals surface area (Å²) in [5, 5.41) is 9.73. The Kier molecular flexibility index (Phi) is 4.29. The number of imidazole rings is 1. The van der Waals surface area contributed by atoms with Gasteiger partial charge in [-0.3, -0.25) is 4.57 Å². The van der Waals surface area contributed by atoms with Crippen molar-refractivity contribution in [2.24, 2.45) is 0 Å². The number of aromatic nitrogens is 4. The standard InChI is InChI=1S/C19H19N5O4/c20-17-14-18(22-9-21-17)24(10-23-14)19-16-15(12(8-25)26-19)27-13(28-16)7-6-11-4-2-1-3-5-11/h1-7,9-10,12-13,15-16,19,25H,8H2,(H2,20,21,22)/t12?,13-,15?,16?,19?/m0/s1. The number of hydrogen-bond acceptors (Lipinski definition) is 8. The normalized spacial score (nSPS) is 29.7. The van der Waals surface area contributed by atoms with Crippen LogP contribution in [0.5, 0.6) is 0 Å². The van der Waals surface area contributed by atoms with E-state index in [0.29, 0.717) is 17.0 Å². The van der Waals surface area contributed by atoms with Crippen molar-refractivity contribution in [3.63, 3.8) is 0 Å². The summed E-state index contributed by atoms with van der Waals surface area (Å²) in [6.45, 7) is -0.181. The number of benzene rings is 1. The van der Waals surface area contributed by atoms with Gasteiger partial charge in [-0.15, -0.1) is 0 Å². The zero-order valence-electron chi connectivity index (χ0n) is 14.8. The number of aliphatic hydroxyl groups excluding tert-OH is 1. The Morgan fingerprint density at radius 3 is 2.71 bits per heavy atom. The van der Waals surface area contributed by atoms with E-state index in [2.05, 4.69) is 15.0 Å². The lowest BCUT2D eigenvalue weighted by atomic mass is 10.1. The van der Waals surface area contributed by atoms with Crippen LogP contribution in [0.1, 0.15) is 11.8 Å². The lowest BCUT2D eigenvalue weighted by Crippen LogP contribution is -2.30. The summed E-state index contributed by atoms with van der Waals surface area (Å²) in [5.41, 5.74) is 7.96. The number of nitrogens with two attached hydrogens (primary N) is 1. The van der Waals surface area contributed by atoms with Gasteiger partial charge >= 0.3 is 0 Å². The van der Waals surface area contributed by atoms with Crippen LogP contribution in [0, 0.1) is 0 Å². The van der Waals surface area contributed by atoms with Crippen molar-refractivity contribution in [3.8, 4) is 0 Å². The smallest absolute Gasteiger partial charge is 0.178 e. The molecule has 5 rings (SSSR count). The van der Waals surface area contributed by atoms with Crippen LogP contribution in [-0.4, -0.2) is 55.8 Å². The fraction of sp³-hybridized carbons (Fsp3) is 0.316. The van der Waals surface area contributed by atoms with Crippen LogP contribution < -0.4 is 5.73 Å². The summed E-state index contributed by atoms with van der Waals surface area (Å²) in [5.74, 6) is 0.296. The van der Waals surface area contributed by atoms with E-state index in [9.17, 15) is 5.11 Å². The molecule has 2 aromatic heterocycles. The van der Waals surface area contributed by atoms with Crippen LogP contribution in [0.3, 0.4) is 0 Å². The van der Waals surface area contributed by atoms with Crippen molar-refractivity contribution in [2.45, 2.75) is 30.8 Å². The molecule has 5 atom stereocenters. The molecule has 0 amide bonds. The summed E-state index contributed by atoms with van der Waals surface area (Å²) in [4.78, 5) is 12.5. The fourth-order valence-electron chi connectivity index (χ4n) is 3.63. The van der Waals surface area contributed by atoms with E-state index in [1.807, 2.05) is 42.5 Å². The van der Waals surface area contributed by atoms with Crippen molar-refractivity contribution < 1.29 is 19.3 Å². The molecule has 0 aliphatic carbocycles. The zero-order valence-corrected chi connectivity index (χ0v) is 14.8. The molecular formula is C19H19N5O4. The van der Waals surface area contributed by atoms with Gasteiger partial charge in [-0.2, -0.15) is 0 Å². The molecule has 4 unspecified atom stereocenters. The van der Waals surface area contributed by atoms with E-state index in [1.165, 1.54) is 6.33 Å². The van der Waals surface area contributed by atoms with E-state index in [0.717, 1.165) is 5.56 Å². The molecule has 0 radical (unpaired) electrons. The lowest BCUT2D eigenvalue weighted by Gasteiger charge is -2.19. The van der Waals surface area contributed by atoms with Gasteiger partial charge in [0.1, 0.15) is 30.2 Å². The first kappa shape index (κ1) is 17.3. The van der Waals surface area contributed by atoms with E-state index >= 15 is 0 Å². The molecule has 0 spiro atoms. The van der Waals surface area contributed by atoms with Gasteiger partial charge in [-0.25, -0.2) is 15.0 Å². The first-order valence-electron chi connectivity index (χ1n) is 8.98. The Labute approximate surface area is 160 Å². The SMILES string of the molecule is Nc1ncnc2c1ncn2C1OC(CO)C2O[C@H](C=Cc3ccccc3)OC21. The topological polar surface area (TPSA) is 118 Å². The largest absolute Gasteiger partial charge is 0.394 e. The zero-order chi connectivity index (χ0) is 19.1. The van der Waals surface area contributed by atoms with Gasteiger partial charge in [0.2, 0.25) is 0 Å². The third-order valence-electron chi connectivity index (χ3n) is 4.95. The molecule has 2 fully saturated rings. The quantitative estimate of drug-likeness (QED) is 0.690. The van der Waals surface area contributed by atoms with Crippen molar-refractivity contribution >= 4 is 23.1 Å². The highest BCUT2D eigenvalue weighted by atomic mass is 16.8. The van der Waals surface area contributed by atoms with Crippen LogP contribution >= 0.6 is 0 Å². The Morgan fingerprint density at radius 2 is 1.89 bits per heavy atom. The van der Waals surface area contributed by atoms with E-state index in [-0.39, 0.29) is 6.61 Å². The van der Waals surface area contributed by atoms with Crippen LogP contribution in [0.25, 0.3) is 17.2 Å². The average Bonchev–Trinajstić information content (AvgIpc) is 3.41. The molecule has 9 nitrogen and oxygen atoms in total. The van der Waals surface area contributed by atoms with E-state index in [4.69, 9.17) is 19.9 Å². The molecule has 3 N–H and O–H groups in total. The summed E-state index contributed by atoms with van der Waals surface area (Å²) in [6, 6.07) is 9.89. The number of nitrogens with zero attached hydrogens (tertiary/aromatic N) is 4. The van der Waals surface area contributed by atoms with Gasteiger partial charge in [0.05, 0.1) is 12.9 Å². The number of nitrogen functional groups attached to an aromatic ring is 1. The summed E-state index contributed by atoms with van der Waals surface area (Å²) >= 11 is 0. The monoisotopic (exact) mass is 381 g/mol. The summed E-state index contributed by atoms with van der Waals surface area (Å²) < 4.78 is 19.8. The van der Waals surface area contributed by atoms with Crippen molar-refractivity contribution in [3.05, 3.63) is 54.6 Å². The predicted octanol–water partition coefficient (Wildman–Crippen LogP) is 1.12. The highest BCUT2D eigenvalue weighted by Crippen LogP contribution is 2.40. The molecular weight excluding hydrogens is 362 g/mol. The summed E-state index contributed by atoms with van der Waals surface area (Å²) in [7, 11) is 0. The molecule has 1 aromatic carbocycles. The highest BCUT2D eigenvalue weighted by molar-refractivity contribution is 5.81. The lowest BCUT2D eigenvalue weighted by molar-refractivity contribution is -0.133. The minimum atomic E-state index is -0.545. The third-order valence-corrected chi connectivity index (χ3v) is 4.95. The average molecular weight is 381 g/mol. The molecule has 2 aliphatic rings. The van der Waals surface area contributed by atoms with Gasteiger partial charge in [-0.05, 0) is 11.6 Å². The number of ether oxygens (including phenoxy) is 3. The molecule has 9 heteroatoms. The van der Waals surface area contributed by atoms with Crippen LogP contribution in [0.4, 0.5) is 5.82 Å². The van der Waals surface area contributed by atoms with Crippen molar-refractivity contribution in [1.29, 1.82) is 0 Å². The second-order valence-electron chi connectivity index (χ2n) is 6.67. The maximum atomic E-state index is 9.73. The third kappa shape index (κ3) is 2.85. The van der Waals surface area contributed by atoms with Crippen LogP contribution in [0.15, 0.2) is 49.1 Å². The minimum absolute atomic E-state index is 0.181. The van der Waals surface area contributed by atoms with Gasteiger partial charge < -0.3 is 25.1 Å². The number of anilines is 1. The molecule has 0 saturated carbocycles. The number of hydrogen-bond donors (Lipinski definition) is 2. The number of aliphatic hydroxyl groups is 1. The Hall–Kier alpha value is -2.85. The van der Waals surface area contributed by atoms with Gasteiger partial charge in [0.25, 0.3) is 0 Å². The molecule has 0 bridgehead atoms. The van der Waals surface area contributed by atoms with Crippen molar-refractivity contribution in [1.82, 2.24) is 19.5 Å². The minimum Gasteiger partial charge on any atom is -0.394 e. The Balaban J connectivity index is 1.42.